The number of aliphatic hydroxyl groups excluding tert-OH is 1. The lowest BCUT2D eigenvalue weighted by Crippen LogP contribution is -2.07. The number of aromatic hydroxyl groups is 1. The van der Waals surface area contributed by atoms with Crippen LogP contribution in [0.25, 0.3) is 11.1 Å². The molecule has 5 heteroatoms. The fourth-order valence-corrected chi connectivity index (χ4v) is 2.01. The number of hydrogen-bond acceptors (Lipinski definition) is 5. The minimum atomic E-state index is -0.557. The van der Waals surface area contributed by atoms with Crippen LogP contribution in [0.15, 0.2) is 30.3 Å². The van der Waals surface area contributed by atoms with Gasteiger partial charge in [0.05, 0.1) is 19.4 Å². The van der Waals surface area contributed by atoms with Crippen molar-refractivity contribution in [1.29, 1.82) is 0 Å². The van der Waals surface area contributed by atoms with E-state index >= 15 is 0 Å². The fourth-order valence-electron chi connectivity index (χ4n) is 2.01. The van der Waals surface area contributed by atoms with Crippen LogP contribution in [0.3, 0.4) is 0 Å². The summed E-state index contributed by atoms with van der Waals surface area (Å²) in [4.78, 5) is 15.6. The molecule has 2 rings (SSSR count). The first-order chi connectivity index (χ1) is 9.55. The number of methoxy groups -OCH3 is 1. The molecular weight excluding hydrogens is 258 g/mol. The monoisotopic (exact) mass is 273 g/mol. The maximum Gasteiger partial charge on any atom is 0.356 e. The van der Waals surface area contributed by atoms with Crippen molar-refractivity contribution < 1.29 is 19.7 Å². The van der Waals surface area contributed by atoms with Crippen LogP contribution in [0.4, 0.5) is 0 Å². The number of aryl methyl sites for hydroxylation is 1. The van der Waals surface area contributed by atoms with Crippen LogP contribution in [-0.2, 0) is 11.3 Å². The molecule has 0 saturated carbocycles. The first-order valence-electron chi connectivity index (χ1n) is 6.05. The summed E-state index contributed by atoms with van der Waals surface area (Å²) >= 11 is 0. The third-order valence-electron chi connectivity index (χ3n) is 2.96. The average Bonchev–Trinajstić information content (AvgIpc) is 2.45. The summed E-state index contributed by atoms with van der Waals surface area (Å²) in [6.45, 7) is 1.58. The van der Waals surface area contributed by atoms with E-state index in [-0.39, 0.29) is 18.1 Å². The number of aliphatic hydroxyl groups is 1. The van der Waals surface area contributed by atoms with Crippen molar-refractivity contribution >= 4 is 5.97 Å². The largest absolute Gasteiger partial charge is 0.508 e. The van der Waals surface area contributed by atoms with Crippen molar-refractivity contribution in [1.82, 2.24) is 4.98 Å². The molecule has 0 aliphatic rings. The Bertz CT molecular complexity index is 652. The molecule has 2 N–H and O–H groups in total. The van der Waals surface area contributed by atoms with Crippen LogP contribution in [0, 0.1) is 6.92 Å². The van der Waals surface area contributed by atoms with Crippen molar-refractivity contribution in [2.24, 2.45) is 0 Å². The number of aromatic nitrogens is 1. The summed E-state index contributed by atoms with van der Waals surface area (Å²) in [5.41, 5.74) is 2.97. The number of rotatable bonds is 3. The third-order valence-corrected chi connectivity index (χ3v) is 2.96. The van der Waals surface area contributed by atoms with Crippen LogP contribution in [0.2, 0.25) is 0 Å². The molecule has 0 amide bonds. The molecular formula is C15H15NO4. The van der Waals surface area contributed by atoms with Crippen molar-refractivity contribution in [3.8, 4) is 16.9 Å². The molecule has 1 aromatic carbocycles. The Labute approximate surface area is 116 Å². The van der Waals surface area contributed by atoms with E-state index in [2.05, 4.69) is 9.72 Å². The van der Waals surface area contributed by atoms with Crippen molar-refractivity contribution in [2.75, 3.05) is 7.11 Å². The average molecular weight is 273 g/mol. The van der Waals surface area contributed by atoms with Gasteiger partial charge in [-0.05, 0) is 47.9 Å². The topological polar surface area (TPSA) is 79.7 Å². The second-order valence-electron chi connectivity index (χ2n) is 4.38. The Balaban J connectivity index is 2.58. The molecule has 1 aromatic heterocycles. The van der Waals surface area contributed by atoms with Gasteiger partial charge in [0, 0.05) is 0 Å². The highest BCUT2D eigenvalue weighted by atomic mass is 16.5. The second kappa shape index (κ2) is 5.71. The van der Waals surface area contributed by atoms with E-state index in [9.17, 15) is 15.0 Å². The Kier molecular flexibility index (Phi) is 4.00. The number of benzene rings is 1. The molecule has 104 valence electrons. The van der Waals surface area contributed by atoms with Gasteiger partial charge in [-0.25, -0.2) is 9.78 Å². The molecule has 2 aromatic rings. The smallest absolute Gasteiger partial charge is 0.356 e. The number of nitrogens with zero attached hydrogens (tertiary/aromatic N) is 1. The maximum atomic E-state index is 11.6. The Morgan fingerprint density at radius 1 is 1.30 bits per heavy atom. The minimum absolute atomic E-state index is 0.140. The highest BCUT2D eigenvalue weighted by Crippen LogP contribution is 2.27. The zero-order valence-electron chi connectivity index (χ0n) is 11.3. The highest BCUT2D eigenvalue weighted by Gasteiger charge is 2.12. The van der Waals surface area contributed by atoms with E-state index in [1.165, 1.54) is 7.11 Å². The molecule has 0 aliphatic heterocycles. The number of pyridine rings is 1. The molecule has 0 bridgehead atoms. The first kappa shape index (κ1) is 14.0. The maximum absolute atomic E-state index is 11.6. The van der Waals surface area contributed by atoms with Gasteiger partial charge in [-0.2, -0.15) is 0 Å². The lowest BCUT2D eigenvalue weighted by Gasteiger charge is -2.10. The van der Waals surface area contributed by atoms with Gasteiger partial charge in [0.15, 0.2) is 0 Å². The van der Waals surface area contributed by atoms with E-state index in [0.29, 0.717) is 5.69 Å². The van der Waals surface area contributed by atoms with Crippen molar-refractivity contribution in [2.45, 2.75) is 13.5 Å². The standard InChI is InChI=1S/C15H15NO4/c1-9-5-12(18)3-4-13(9)10-6-11(8-17)16-14(7-10)15(19)20-2/h3-7,17-18H,8H2,1-2H3. The summed E-state index contributed by atoms with van der Waals surface area (Å²) in [7, 11) is 1.28. The van der Waals surface area contributed by atoms with Crippen LogP contribution in [-0.4, -0.2) is 28.3 Å². The van der Waals surface area contributed by atoms with Crippen LogP contribution >= 0.6 is 0 Å². The van der Waals surface area contributed by atoms with Crippen molar-refractivity contribution in [3.05, 3.63) is 47.3 Å². The van der Waals surface area contributed by atoms with Crippen LogP contribution in [0.1, 0.15) is 21.7 Å². The Hall–Kier alpha value is -2.40. The van der Waals surface area contributed by atoms with Gasteiger partial charge in [0.2, 0.25) is 0 Å². The van der Waals surface area contributed by atoms with Gasteiger partial charge >= 0.3 is 5.97 Å². The zero-order chi connectivity index (χ0) is 14.7. The number of carbonyl (C=O) groups is 1. The molecule has 20 heavy (non-hydrogen) atoms. The summed E-state index contributed by atoms with van der Waals surface area (Å²) in [6, 6.07) is 8.25. The predicted molar refractivity (Wildman–Crippen MR) is 73.3 cm³/mol. The molecule has 0 spiro atoms. The van der Waals surface area contributed by atoms with E-state index in [0.717, 1.165) is 16.7 Å². The summed E-state index contributed by atoms with van der Waals surface area (Å²) in [5.74, 6) is -0.381. The highest BCUT2D eigenvalue weighted by molar-refractivity contribution is 5.89. The fraction of sp³-hybridized carbons (Fsp3) is 0.200. The third kappa shape index (κ3) is 2.78. The summed E-state index contributed by atoms with van der Waals surface area (Å²) in [5, 5.41) is 18.7. The van der Waals surface area contributed by atoms with Crippen molar-refractivity contribution in [3.63, 3.8) is 0 Å². The van der Waals surface area contributed by atoms with E-state index in [1.54, 1.807) is 30.3 Å². The zero-order valence-corrected chi connectivity index (χ0v) is 11.3. The number of carbonyl (C=O) groups excluding carboxylic acids is 1. The molecule has 0 atom stereocenters. The number of phenolic OH excluding ortho intramolecular Hbond substituents is 1. The van der Waals surface area contributed by atoms with E-state index < -0.39 is 5.97 Å². The molecule has 0 radical (unpaired) electrons. The van der Waals surface area contributed by atoms with Gasteiger partial charge in [-0.3, -0.25) is 0 Å². The van der Waals surface area contributed by atoms with Gasteiger partial charge in [0.1, 0.15) is 11.4 Å². The Morgan fingerprint density at radius 3 is 2.65 bits per heavy atom. The second-order valence-corrected chi connectivity index (χ2v) is 4.38. The van der Waals surface area contributed by atoms with Gasteiger partial charge in [0.25, 0.3) is 0 Å². The molecule has 0 unspecified atom stereocenters. The SMILES string of the molecule is COC(=O)c1cc(-c2ccc(O)cc2C)cc(CO)n1. The van der Waals surface area contributed by atoms with E-state index in [4.69, 9.17) is 0 Å². The number of esters is 1. The number of phenols is 1. The first-order valence-corrected chi connectivity index (χ1v) is 6.05. The van der Waals surface area contributed by atoms with Gasteiger partial charge < -0.3 is 14.9 Å². The lowest BCUT2D eigenvalue weighted by molar-refractivity contribution is 0.0593. The van der Waals surface area contributed by atoms with Crippen LogP contribution in [0.5, 0.6) is 5.75 Å². The number of hydrogen-bond donors (Lipinski definition) is 2. The quantitative estimate of drug-likeness (QED) is 0.836. The summed E-state index contributed by atoms with van der Waals surface area (Å²) in [6.07, 6.45) is 0. The predicted octanol–water partition coefficient (Wildman–Crippen LogP) is 2.04. The van der Waals surface area contributed by atoms with Crippen LogP contribution < -0.4 is 0 Å². The molecule has 5 nitrogen and oxygen atoms in total. The van der Waals surface area contributed by atoms with Gasteiger partial charge in [-0.1, -0.05) is 6.07 Å². The van der Waals surface area contributed by atoms with Gasteiger partial charge in [-0.15, -0.1) is 0 Å². The molecule has 0 saturated heterocycles. The molecule has 0 fully saturated rings. The van der Waals surface area contributed by atoms with E-state index in [1.807, 2.05) is 6.92 Å². The molecule has 0 aliphatic carbocycles. The minimum Gasteiger partial charge on any atom is -0.508 e. The normalized spacial score (nSPS) is 10.3. The Morgan fingerprint density at radius 2 is 2.05 bits per heavy atom. The number of ether oxygens (including phenoxy) is 1. The summed E-state index contributed by atoms with van der Waals surface area (Å²) < 4.78 is 4.65. The molecule has 1 heterocycles. The lowest BCUT2D eigenvalue weighted by atomic mass is 9.99.